The number of nitrogens with one attached hydrogen (secondary N) is 1. The Morgan fingerprint density at radius 2 is 1.96 bits per heavy atom. The SMILES string of the molecule is CC(C)c1cccc(OCC(=O)N2CC[C@@H]3CNC[C@@H]3CC2)c1. The first kappa shape index (κ1) is 16.3. The third-order valence-corrected chi connectivity index (χ3v) is 5.26. The van der Waals surface area contributed by atoms with Gasteiger partial charge in [0.05, 0.1) is 0 Å². The minimum atomic E-state index is 0.118. The number of amides is 1. The van der Waals surface area contributed by atoms with Crippen LogP contribution in [-0.2, 0) is 4.79 Å². The summed E-state index contributed by atoms with van der Waals surface area (Å²) in [5.74, 6) is 2.87. The molecule has 2 aliphatic rings. The van der Waals surface area contributed by atoms with Crippen LogP contribution in [0.25, 0.3) is 0 Å². The van der Waals surface area contributed by atoms with E-state index in [9.17, 15) is 4.79 Å². The number of carbonyl (C=O) groups is 1. The Balaban J connectivity index is 1.52. The third kappa shape index (κ3) is 4.05. The molecule has 2 aliphatic heterocycles. The zero-order valence-electron chi connectivity index (χ0n) is 14.3. The topological polar surface area (TPSA) is 41.6 Å². The van der Waals surface area contributed by atoms with Crippen molar-refractivity contribution in [3.05, 3.63) is 29.8 Å². The Morgan fingerprint density at radius 1 is 1.26 bits per heavy atom. The van der Waals surface area contributed by atoms with Gasteiger partial charge in [0, 0.05) is 13.1 Å². The smallest absolute Gasteiger partial charge is 0.260 e. The van der Waals surface area contributed by atoms with E-state index in [1.165, 1.54) is 5.56 Å². The summed E-state index contributed by atoms with van der Waals surface area (Å²) in [6, 6.07) is 8.06. The number of likely N-dealkylation sites (tertiary alicyclic amines) is 1. The Hall–Kier alpha value is -1.55. The van der Waals surface area contributed by atoms with Gasteiger partial charge in [-0.05, 0) is 61.4 Å². The lowest BCUT2D eigenvalue weighted by Crippen LogP contribution is -2.36. The highest BCUT2D eigenvalue weighted by Gasteiger charge is 2.31. The molecule has 0 bridgehead atoms. The number of ether oxygens (including phenoxy) is 1. The minimum Gasteiger partial charge on any atom is -0.484 e. The molecule has 2 fully saturated rings. The first-order valence-electron chi connectivity index (χ1n) is 8.84. The quantitative estimate of drug-likeness (QED) is 0.928. The van der Waals surface area contributed by atoms with Crippen LogP contribution in [0.4, 0.5) is 0 Å². The first-order valence-corrected chi connectivity index (χ1v) is 8.84. The van der Waals surface area contributed by atoms with Crippen molar-refractivity contribution in [2.24, 2.45) is 11.8 Å². The Labute approximate surface area is 139 Å². The van der Waals surface area contributed by atoms with E-state index in [1.54, 1.807) is 0 Å². The highest BCUT2D eigenvalue weighted by molar-refractivity contribution is 5.77. The molecule has 0 aromatic heterocycles. The average molecular weight is 316 g/mol. The van der Waals surface area contributed by atoms with E-state index in [-0.39, 0.29) is 12.5 Å². The largest absolute Gasteiger partial charge is 0.484 e. The number of benzene rings is 1. The van der Waals surface area contributed by atoms with E-state index in [0.29, 0.717) is 5.92 Å². The second-order valence-corrected chi connectivity index (χ2v) is 7.15. The minimum absolute atomic E-state index is 0.118. The summed E-state index contributed by atoms with van der Waals surface area (Å²) in [5.41, 5.74) is 1.24. The molecular weight excluding hydrogens is 288 g/mol. The van der Waals surface area contributed by atoms with Gasteiger partial charge in [-0.1, -0.05) is 26.0 Å². The van der Waals surface area contributed by atoms with Gasteiger partial charge in [-0.15, -0.1) is 0 Å². The fourth-order valence-corrected chi connectivity index (χ4v) is 3.67. The Bertz CT molecular complexity index is 530. The molecule has 23 heavy (non-hydrogen) atoms. The van der Waals surface area contributed by atoms with Crippen LogP contribution in [0.5, 0.6) is 5.75 Å². The molecule has 3 rings (SSSR count). The zero-order chi connectivity index (χ0) is 16.2. The fourth-order valence-electron chi connectivity index (χ4n) is 3.67. The van der Waals surface area contributed by atoms with Gasteiger partial charge in [0.1, 0.15) is 5.75 Å². The second-order valence-electron chi connectivity index (χ2n) is 7.15. The molecule has 2 saturated heterocycles. The number of carbonyl (C=O) groups excluding carboxylic acids is 1. The molecule has 0 aliphatic carbocycles. The predicted molar refractivity (Wildman–Crippen MR) is 91.7 cm³/mol. The maximum atomic E-state index is 12.4. The summed E-state index contributed by atoms with van der Waals surface area (Å²) in [5, 5.41) is 3.47. The van der Waals surface area contributed by atoms with Crippen molar-refractivity contribution in [1.29, 1.82) is 0 Å². The molecule has 2 atom stereocenters. The summed E-state index contributed by atoms with van der Waals surface area (Å²) in [6.45, 7) is 8.44. The molecule has 0 spiro atoms. The summed E-state index contributed by atoms with van der Waals surface area (Å²) in [4.78, 5) is 14.4. The average Bonchev–Trinajstić information content (AvgIpc) is 2.91. The molecule has 126 valence electrons. The van der Waals surface area contributed by atoms with Crippen molar-refractivity contribution >= 4 is 5.91 Å². The van der Waals surface area contributed by atoms with Gasteiger partial charge in [0.25, 0.3) is 5.91 Å². The standard InChI is InChI=1S/C19H28N2O2/c1-14(2)15-4-3-5-18(10-15)23-13-19(22)21-8-6-16-11-20-12-17(16)7-9-21/h3-5,10,14,16-17,20H,6-9,11-13H2,1-2H3/t16-,17+. The second kappa shape index (κ2) is 7.35. The van der Waals surface area contributed by atoms with E-state index >= 15 is 0 Å². The van der Waals surface area contributed by atoms with Crippen molar-refractivity contribution in [1.82, 2.24) is 10.2 Å². The molecule has 0 saturated carbocycles. The van der Waals surface area contributed by atoms with Crippen LogP contribution in [0.15, 0.2) is 24.3 Å². The van der Waals surface area contributed by atoms with Crippen LogP contribution in [0.1, 0.15) is 38.2 Å². The lowest BCUT2D eigenvalue weighted by molar-refractivity contribution is -0.133. The van der Waals surface area contributed by atoms with Crippen molar-refractivity contribution < 1.29 is 9.53 Å². The third-order valence-electron chi connectivity index (χ3n) is 5.26. The maximum absolute atomic E-state index is 12.4. The van der Waals surface area contributed by atoms with E-state index in [1.807, 2.05) is 23.1 Å². The normalized spacial score (nSPS) is 24.4. The van der Waals surface area contributed by atoms with Gasteiger partial charge >= 0.3 is 0 Å². The number of hydrogen-bond donors (Lipinski definition) is 1. The highest BCUT2D eigenvalue weighted by Crippen LogP contribution is 2.27. The van der Waals surface area contributed by atoms with Crippen molar-refractivity contribution in [2.45, 2.75) is 32.6 Å². The van der Waals surface area contributed by atoms with Crippen LogP contribution in [0, 0.1) is 11.8 Å². The van der Waals surface area contributed by atoms with Gasteiger partial charge in [0.2, 0.25) is 0 Å². The monoisotopic (exact) mass is 316 g/mol. The van der Waals surface area contributed by atoms with Gasteiger partial charge in [-0.2, -0.15) is 0 Å². The molecule has 4 heteroatoms. The van der Waals surface area contributed by atoms with Crippen LogP contribution in [0.2, 0.25) is 0 Å². The molecular formula is C19H28N2O2. The van der Waals surface area contributed by atoms with E-state index < -0.39 is 0 Å². The van der Waals surface area contributed by atoms with Crippen molar-refractivity contribution in [3.8, 4) is 5.75 Å². The molecule has 0 radical (unpaired) electrons. The summed E-state index contributed by atoms with van der Waals surface area (Å²) >= 11 is 0. The van der Waals surface area contributed by atoms with Crippen molar-refractivity contribution in [3.63, 3.8) is 0 Å². The lowest BCUT2D eigenvalue weighted by atomic mass is 9.92. The Morgan fingerprint density at radius 3 is 2.61 bits per heavy atom. The number of fused-ring (bicyclic) bond motifs is 1. The van der Waals surface area contributed by atoms with E-state index in [0.717, 1.165) is 56.6 Å². The van der Waals surface area contributed by atoms with Crippen LogP contribution < -0.4 is 10.1 Å². The zero-order valence-corrected chi connectivity index (χ0v) is 14.3. The fraction of sp³-hybridized carbons (Fsp3) is 0.632. The van der Waals surface area contributed by atoms with Crippen LogP contribution in [-0.4, -0.2) is 43.6 Å². The van der Waals surface area contributed by atoms with E-state index in [2.05, 4.69) is 25.2 Å². The number of rotatable bonds is 4. The van der Waals surface area contributed by atoms with Crippen molar-refractivity contribution in [2.75, 3.05) is 32.8 Å². The first-order chi connectivity index (χ1) is 11.1. The molecule has 1 aromatic carbocycles. The maximum Gasteiger partial charge on any atom is 0.260 e. The molecule has 1 aromatic rings. The van der Waals surface area contributed by atoms with Crippen LogP contribution >= 0.6 is 0 Å². The molecule has 1 amide bonds. The predicted octanol–water partition coefficient (Wildman–Crippen LogP) is 2.65. The van der Waals surface area contributed by atoms with Gasteiger partial charge in [0.15, 0.2) is 6.61 Å². The number of nitrogens with zero attached hydrogens (tertiary/aromatic N) is 1. The molecule has 0 unspecified atom stereocenters. The lowest BCUT2D eigenvalue weighted by Gasteiger charge is -2.21. The number of hydrogen-bond acceptors (Lipinski definition) is 3. The molecule has 1 N–H and O–H groups in total. The molecule has 4 nitrogen and oxygen atoms in total. The summed E-state index contributed by atoms with van der Waals surface area (Å²) < 4.78 is 5.74. The van der Waals surface area contributed by atoms with Gasteiger partial charge in [-0.3, -0.25) is 4.79 Å². The summed E-state index contributed by atoms with van der Waals surface area (Å²) in [7, 11) is 0. The van der Waals surface area contributed by atoms with Crippen LogP contribution in [0.3, 0.4) is 0 Å². The summed E-state index contributed by atoms with van der Waals surface area (Å²) in [6.07, 6.45) is 2.23. The molecule has 2 heterocycles. The highest BCUT2D eigenvalue weighted by atomic mass is 16.5. The van der Waals surface area contributed by atoms with Gasteiger partial charge < -0.3 is 15.0 Å². The van der Waals surface area contributed by atoms with Gasteiger partial charge in [-0.25, -0.2) is 0 Å². The Kier molecular flexibility index (Phi) is 5.21. The van der Waals surface area contributed by atoms with E-state index in [4.69, 9.17) is 4.74 Å².